The summed E-state index contributed by atoms with van der Waals surface area (Å²) in [4.78, 5) is 0. The van der Waals surface area contributed by atoms with Gasteiger partial charge in [-0.05, 0) is 29.4 Å². The molecule has 0 bridgehead atoms. The third-order valence-corrected chi connectivity index (χ3v) is 4.67. The molecule has 0 aliphatic carbocycles. The van der Waals surface area contributed by atoms with Crippen LogP contribution in [0.2, 0.25) is 0 Å². The van der Waals surface area contributed by atoms with Crippen LogP contribution < -0.4 is 5.32 Å². The molecule has 0 spiro atoms. The number of nitrogens with one attached hydrogen (secondary N) is 1. The maximum absolute atomic E-state index is 11.9. The van der Waals surface area contributed by atoms with E-state index in [1.807, 2.05) is 11.8 Å². The molecule has 1 nitrogen and oxygen atoms in total. The molecule has 1 fully saturated rings. The van der Waals surface area contributed by atoms with Gasteiger partial charge in [0.05, 0.1) is 0 Å². The van der Waals surface area contributed by atoms with E-state index in [4.69, 9.17) is 0 Å². The van der Waals surface area contributed by atoms with Crippen molar-refractivity contribution < 1.29 is 13.2 Å². The van der Waals surface area contributed by atoms with Crippen LogP contribution in [0.15, 0.2) is 0 Å². The quantitative estimate of drug-likeness (QED) is 0.789. The Labute approximate surface area is 103 Å². The Bertz CT molecular complexity index is 219. The Morgan fingerprint density at radius 1 is 1.44 bits per heavy atom. The van der Waals surface area contributed by atoms with Crippen LogP contribution >= 0.6 is 23.5 Å². The van der Waals surface area contributed by atoms with Crippen molar-refractivity contribution in [2.24, 2.45) is 5.41 Å². The van der Waals surface area contributed by atoms with Crippen molar-refractivity contribution in [2.75, 3.05) is 23.8 Å². The molecule has 1 atom stereocenters. The van der Waals surface area contributed by atoms with E-state index < -0.39 is 5.51 Å². The van der Waals surface area contributed by atoms with Crippen molar-refractivity contribution in [2.45, 2.75) is 31.8 Å². The lowest BCUT2D eigenvalue weighted by Crippen LogP contribution is -2.47. The Morgan fingerprint density at radius 3 is 2.69 bits per heavy atom. The second-order valence-electron chi connectivity index (χ2n) is 4.61. The number of alkyl halides is 3. The number of hydrogen-bond acceptors (Lipinski definition) is 3. The monoisotopic (exact) mass is 273 g/mol. The molecule has 0 saturated carbocycles. The van der Waals surface area contributed by atoms with Gasteiger partial charge in [-0.1, -0.05) is 13.8 Å². The molecular weight excluding hydrogens is 255 g/mol. The van der Waals surface area contributed by atoms with Gasteiger partial charge in [0.25, 0.3) is 0 Å². The minimum Gasteiger partial charge on any atom is -0.312 e. The van der Waals surface area contributed by atoms with Crippen molar-refractivity contribution in [1.29, 1.82) is 0 Å². The van der Waals surface area contributed by atoms with Gasteiger partial charge in [0.2, 0.25) is 0 Å². The molecule has 16 heavy (non-hydrogen) atoms. The van der Waals surface area contributed by atoms with Crippen LogP contribution in [0.5, 0.6) is 0 Å². The molecule has 0 aromatic rings. The molecule has 1 heterocycles. The fourth-order valence-corrected chi connectivity index (χ4v) is 3.76. The molecule has 0 radical (unpaired) electrons. The van der Waals surface area contributed by atoms with Gasteiger partial charge in [-0.3, -0.25) is 0 Å². The molecule has 1 rings (SSSR count). The minimum absolute atomic E-state index is 0.0530. The molecule has 1 aliphatic rings. The zero-order valence-corrected chi connectivity index (χ0v) is 11.2. The molecule has 0 aromatic heterocycles. The van der Waals surface area contributed by atoms with Crippen LogP contribution in [0.4, 0.5) is 13.2 Å². The zero-order valence-electron chi connectivity index (χ0n) is 9.56. The first-order valence-electron chi connectivity index (χ1n) is 5.33. The minimum atomic E-state index is -4.10. The molecule has 1 unspecified atom stereocenters. The van der Waals surface area contributed by atoms with Gasteiger partial charge in [-0.15, -0.1) is 0 Å². The summed E-state index contributed by atoms with van der Waals surface area (Å²) in [6.07, 6.45) is 1.13. The number of halogens is 3. The van der Waals surface area contributed by atoms with Crippen LogP contribution in [0.25, 0.3) is 0 Å². The van der Waals surface area contributed by atoms with Crippen LogP contribution in [0, 0.1) is 5.41 Å². The van der Waals surface area contributed by atoms with E-state index in [1.54, 1.807) is 0 Å². The van der Waals surface area contributed by atoms with E-state index in [1.165, 1.54) is 0 Å². The van der Waals surface area contributed by atoms with E-state index in [0.717, 1.165) is 17.9 Å². The molecule has 0 amide bonds. The van der Waals surface area contributed by atoms with Crippen LogP contribution in [0.3, 0.4) is 0 Å². The predicted octanol–water partition coefficient (Wildman–Crippen LogP) is 3.36. The fourth-order valence-electron chi connectivity index (χ4n) is 1.67. The number of rotatable bonds is 4. The van der Waals surface area contributed by atoms with E-state index in [0.29, 0.717) is 12.6 Å². The summed E-state index contributed by atoms with van der Waals surface area (Å²) >= 11 is 1.93. The van der Waals surface area contributed by atoms with Gasteiger partial charge < -0.3 is 5.32 Å². The van der Waals surface area contributed by atoms with Crippen molar-refractivity contribution >= 4 is 23.5 Å². The summed E-state index contributed by atoms with van der Waals surface area (Å²) in [5.74, 6) is 2.26. The SMILES string of the molecule is CC1(C)CCSCC1NCCSC(F)(F)F. The third kappa shape index (κ3) is 5.19. The topological polar surface area (TPSA) is 12.0 Å². The summed E-state index contributed by atoms with van der Waals surface area (Å²) < 4.78 is 35.7. The highest BCUT2D eigenvalue weighted by atomic mass is 32.2. The van der Waals surface area contributed by atoms with Crippen molar-refractivity contribution in [3.8, 4) is 0 Å². The Morgan fingerprint density at radius 2 is 2.12 bits per heavy atom. The first kappa shape index (κ1) is 14.5. The summed E-state index contributed by atoms with van der Waals surface area (Å²) in [5.41, 5.74) is -3.90. The summed E-state index contributed by atoms with van der Waals surface area (Å²) in [7, 11) is 0. The van der Waals surface area contributed by atoms with E-state index in [2.05, 4.69) is 19.2 Å². The summed E-state index contributed by atoms with van der Waals surface area (Å²) in [6, 6.07) is 0.333. The van der Waals surface area contributed by atoms with Crippen LogP contribution in [0.1, 0.15) is 20.3 Å². The average molecular weight is 273 g/mol. The summed E-state index contributed by atoms with van der Waals surface area (Å²) in [6.45, 7) is 4.79. The number of hydrogen-bond donors (Lipinski definition) is 1. The Balaban J connectivity index is 2.21. The van der Waals surface area contributed by atoms with Gasteiger partial charge in [-0.25, -0.2) is 0 Å². The molecule has 1 N–H and O–H groups in total. The van der Waals surface area contributed by atoms with Crippen molar-refractivity contribution in [3.05, 3.63) is 0 Å². The maximum atomic E-state index is 11.9. The largest absolute Gasteiger partial charge is 0.441 e. The zero-order chi connectivity index (χ0) is 12.2. The Hall–Kier alpha value is 0.450. The molecule has 1 saturated heterocycles. The summed E-state index contributed by atoms with van der Waals surface area (Å²) in [5, 5.41) is 3.24. The fraction of sp³-hybridized carbons (Fsp3) is 1.00. The van der Waals surface area contributed by atoms with Gasteiger partial charge >= 0.3 is 5.51 Å². The predicted molar refractivity (Wildman–Crippen MR) is 66.0 cm³/mol. The molecule has 6 heteroatoms. The van der Waals surface area contributed by atoms with Crippen LogP contribution in [-0.4, -0.2) is 35.4 Å². The second kappa shape index (κ2) is 5.87. The van der Waals surface area contributed by atoms with Crippen molar-refractivity contribution in [3.63, 3.8) is 0 Å². The first-order valence-corrected chi connectivity index (χ1v) is 7.47. The van der Waals surface area contributed by atoms with Crippen LogP contribution in [-0.2, 0) is 0 Å². The lowest BCUT2D eigenvalue weighted by molar-refractivity contribution is -0.0327. The highest BCUT2D eigenvalue weighted by molar-refractivity contribution is 8.00. The number of thioether (sulfide) groups is 2. The lowest BCUT2D eigenvalue weighted by atomic mass is 9.82. The van der Waals surface area contributed by atoms with Gasteiger partial charge in [0, 0.05) is 24.1 Å². The first-order chi connectivity index (χ1) is 7.31. The maximum Gasteiger partial charge on any atom is 0.441 e. The molecule has 96 valence electrons. The van der Waals surface area contributed by atoms with E-state index >= 15 is 0 Å². The molecule has 1 aliphatic heterocycles. The van der Waals surface area contributed by atoms with E-state index in [-0.39, 0.29) is 22.9 Å². The average Bonchev–Trinajstić information content (AvgIpc) is 2.12. The standard InChI is InChI=1S/C10H18F3NS2/c1-9(2)3-5-15-7-8(9)14-4-6-16-10(11,12)13/h8,14H,3-7H2,1-2H3. The molecular formula is C10H18F3NS2. The smallest absolute Gasteiger partial charge is 0.312 e. The lowest BCUT2D eigenvalue weighted by Gasteiger charge is -2.38. The van der Waals surface area contributed by atoms with Crippen molar-refractivity contribution in [1.82, 2.24) is 5.32 Å². The van der Waals surface area contributed by atoms with Gasteiger partial charge in [0.1, 0.15) is 0 Å². The normalized spacial score (nSPS) is 25.7. The second-order valence-corrected chi connectivity index (χ2v) is 6.92. The highest BCUT2D eigenvalue weighted by Crippen LogP contribution is 2.34. The van der Waals surface area contributed by atoms with Gasteiger partial charge in [-0.2, -0.15) is 24.9 Å². The van der Waals surface area contributed by atoms with Gasteiger partial charge in [0.15, 0.2) is 0 Å². The van der Waals surface area contributed by atoms with E-state index in [9.17, 15) is 13.2 Å². The Kier molecular flexibility index (Phi) is 5.32. The highest BCUT2D eigenvalue weighted by Gasteiger charge is 2.32. The third-order valence-electron chi connectivity index (χ3n) is 2.88. The molecule has 0 aromatic carbocycles.